The second-order valence-corrected chi connectivity index (χ2v) is 14.6. The molecule has 0 amide bonds. The Bertz CT molecular complexity index is 2870. The van der Waals surface area contributed by atoms with Crippen LogP contribution in [0.2, 0.25) is 0 Å². The predicted molar refractivity (Wildman–Crippen MR) is 219 cm³/mol. The molecule has 0 bridgehead atoms. The summed E-state index contributed by atoms with van der Waals surface area (Å²) in [5.41, 5.74) is 11.9. The van der Waals surface area contributed by atoms with E-state index in [0.29, 0.717) is 0 Å². The average molecular weight is 682 g/mol. The fourth-order valence-corrected chi connectivity index (χ4v) is 10.1. The number of hydrogen-bond acceptors (Lipinski definition) is 3. The SMILES string of the molecule is c1ccc(N(c2ccccc2)c2ccc3c(c2)C(c2ccccc2)(c2ccccc2)c2c-3c3sc4ccccc4c3c3c2oc2ccccc23)cc1. The van der Waals surface area contributed by atoms with Gasteiger partial charge in [-0.25, -0.2) is 0 Å². The maximum atomic E-state index is 7.16. The Morgan fingerprint density at radius 3 is 1.69 bits per heavy atom. The van der Waals surface area contributed by atoms with Crippen molar-refractivity contribution in [2.24, 2.45) is 0 Å². The number of furan rings is 1. The molecule has 0 N–H and O–H groups in total. The number of nitrogens with zero attached hydrogens (tertiary/aromatic N) is 1. The molecule has 10 aromatic rings. The van der Waals surface area contributed by atoms with E-state index in [-0.39, 0.29) is 0 Å². The van der Waals surface area contributed by atoms with Crippen molar-refractivity contribution < 1.29 is 4.42 Å². The summed E-state index contributed by atoms with van der Waals surface area (Å²) in [6.07, 6.45) is 0. The fraction of sp³-hybridized carbons (Fsp3) is 0.0204. The third-order valence-electron chi connectivity index (χ3n) is 10.9. The second kappa shape index (κ2) is 11.3. The number of rotatable bonds is 5. The van der Waals surface area contributed by atoms with Crippen molar-refractivity contribution in [1.29, 1.82) is 0 Å². The molecule has 52 heavy (non-hydrogen) atoms. The van der Waals surface area contributed by atoms with Crippen molar-refractivity contribution in [1.82, 2.24) is 0 Å². The first-order valence-corrected chi connectivity index (χ1v) is 18.6. The smallest absolute Gasteiger partial charge is 0.141 e. The van der Waals surface area contributed by atoms with Crippen LogP contribution in [0.15, 0.2) is 192 Å². The zero-order valence-corrected chi connectivity index (χ0v) is 29.0. The summed E-state index contributed by atoms with van der Waals surface area (Å²) in [5, 5.41) is 4.90. The molecule has 1 aliphatic rings. The van der Waals surface area contributed by atoms with E-state index >= 15 is 0 Å². The molecule has 0 aliphatic heterocycles. The van der Waals surface area contributed by atoms with E-state index < -0.39 is 5.41 Å². The van der Waals surface area contributed by atoms with E-state index in [1.165, 1.54) is 58.9 Å². The van der Waals surface area contributed by atoms with E-state index in [4.69, 9.17) is 4.42 Å². The largest absolute Gasteiger partial charge is 0.456 e. The first-order valence-electron chi connectivity index (χ1n) is 17.8. The molecule has 2 aromatic heterocycles. The summed E-state index contributed by atoms with van der Waals surface area (Å²) in [6, 6.07) is 68.1. The lowest BCUT2D eigenvalue weighted by molar-refractivity contribution is 0.650. The second-order valence-electron chi connectivity index (χ2n) is 13.6. The van der Waals surface area contributed by atoms with Gasteiger partial charge < -0.3 is 9.32 Å². The van der Waals surface area contributed by atoms with Crippen LogP contribution in [-0.2, 0) is 5.41 Å². The summed E-state index contributed by atoms with van der Waals surface area (Å²) < 4.78 is 9.75. The maximum absolute atomic E-state index is 7.16. The van der Waals surface area contributed by atoms with E-state index in [1.807, 2.05) is 11.3 Å². The van der Waals surface area contributed by atoms with Crippen molar-refractivity contribution in [3.63, 3.8) is 0 Å². The number of thiophene rings is 1. The molecular weight excluding hydrogens is 651 g/mol. The van der Waals surface area contributed by atoms with Crippen LogP contribution in [0.5, 0.6) is 0 Å². The maximum Gasteiger partial charge on any atom is 0.141 e. The Morgan fingerprint density at radius 2 is 1.04 bits per heavy atom. The Hall–Kier alpha value is -6.42. The van der Waals surface area contributed by atoms with Crippen molar-refractivity contribution in [3.8, 4) is 11.1 Å². The lowest BCUT2D eigenvalue weighted by atomic mass is 9.67. The van der Waals surface area contributed by atoms with Crippen LogP contribution < -0.4 is 4.90 Å². The van der Waals surface area contributed by atoms with Crippen molar-refractivity contribution in [2.45, 2.75) is 5.41 Å². The molecule has 0 radical (unpaired) electrons. The van der Waals surface area contributed by atoms with Gasteiger partial charge in [-0.15, -0.1) is 11.3 Å². The normalized spacial score (nSPS) is 13.2. The van der Waals surface area contributed by atoms with Crippen molar-refractivity contribution in [2.75, 3.05) is 4.90 Å². The molecule has 0 atom stereocenters. The van der Waals surface area contributed by atoms with Gasteiger partial charge >= 0.3 is 0 Å². The van der Waals surface area contributed by atoms with E-state index in [9.17, 15) is 0 Å². The number of benzene rings is 8. The quantitative estimate of drug-likeness (QED) is 0.180. The minimum absolute atomic E-state index is 0.668. The van der Waals surface area contributed by atoms with Crippen molar-refractivity contribution >= 4 is 70.5 Å². The highest BCUT2D eigenvalue weighted by atomic mass is 32.1. The van der Waals surface area contributed by atoms with Gasteiger partial charge in [0.2, 0.25) is 0 Å². The third kappa shape index (κ3) is 4.00. The summed E-state index contributed by atoms with van der Waals surface area (Å²) >= 11 is 1.90. The lowest BCUT2D eigenvalue weighted by Crippen LogP contribution is -2.29. The summed E-state index contributed by atoms with van der Waals surface area (Å²) in [5.74, 6) is 0. The fourth-order valence-electron chi connectivity index (χ4n) is 8.86. The topological polar surface area (TPSA) is 16.4 Å². The highest BCUT2D eigenvalue weighted by Crippen LogP contribution is 2.63. The third-order valence-corrected chi connectivity index (χ3v) is 12.1. The van der Waals surface area contributed by atoms with Gasteiger partial charge in [0.15, 0.2) is 0 Å². The van der Waals surface area contributed by atoms with Crippen LogP contribution in [0, 0.1) is 0 Å². The van der Waals surface area contributed by atoms with E-state index in [1.54, 1.807) is 0 Å². The minimum atomic E-state index is -0.668. The molecule has 0 spiro atoms. The molecule has 0 unspecified atom stereocenters. The van der Waals surface area contributed by atoms with Gasteiger partial charge in [-0.2, -0.15) is 0 Å². The number of para-hydroxylation sites is 3. The molecule has 0 fully saturated rings. The molecule has 2 nitrogen and oxygen atoms in total. The van der Waals surface area contributed by atoms with Gasteiger partial charge in [0.25, 0.3) is 0 Å². The van der Waals surface area contributed by atoms with Crippen LogP contribution >= 0.6 is 11.3 Å². The van der Waals surface area contributed by atoms with E-state index in [2.05, 4.69) is 193 Å². The Balaban J connectivity index is 1.36. The van der Waals surface area contributed by atoms with E-state index in [0.717, 1.165) is 33.6 Å². The molecule has 8 aromatic carbocycles. The van der Waals surface area contributed by atoms with Crippen LogP contribution in [0.1, 0.15) is 22.3 Å². The number of hydrogen-bond donors (Lipinski definition) is 0. The highest BCUT2D eigenvalue weighted by molar-refractivity contribution is 7.26. The van der Waals surface area contributed by atoms with Crippen LogP contribution in [0.25, 0.3) is 53.2 Å². The molecule has 0 saturated heterocycles. The molecule has 2 heterocycles. The molecule has 1 aliphatic carbocycles. The van der Waals surface area contributed by atoms with Crippen LogP contribution in [-0.4, -0.2) is 0 Å². The molecular formula is C49H31NOS. The first kappa shape index (κ1) is 29.3. The van der Waals surface area contributed by atoms with Crippen LogP contribution in [0.4, 0.5) is 17.1 Å². The van der Waals surface area contributed by atoms with Gasteiger partial charge in [-0.05, 0) is 70.8 Å². The number of fused-ring (bicyclic) bond motifs is 12. The predicted octanol–water partition coefficient (Wildman–Crippen LogP) is 13.8. The summed E-state index contributed by atoms with van der Waals surface area (Å²) in [4.78, 5) is 2.37. The lowest BCUT2D eigenvalue weighted by Gasteiger charge is -2.34. The number of anilines is 3. The monoisotopic (exact) mass is 681 g/mol. The van der Waals surface area contributed by atoms with Gasteiger partial charge in [0.1, 0.15) is 11.2 Å². The minimum Gasteiger partial charge on any atom is -0.456 e. The van der Waals surface area contributed by atoms with Gasteiger partial charge in [0, 0.05) is 59.1 Å². The average Bonchev–Trinajstić information content (AvgIpc) is 3.88. The van der Waals surface area contributed by atoms with Crippen molar-refractivity contribution in [3.05, 3.63) is 210 Å². The Labute approximate surface area is 305 Å². The zero-order valence-electron chi connectivity index (χ0n) is 28.2. The van der Waals surface area contributed by atoms with Gasteiger partial charge in [-0.3, -0.25) is 0 Å². The standard InChI is InChI=1S/C49H31NOS/c1-5-17-32(18-6-1)49(33-19-7-2-8-20-33)40-31-36(50(34-21-9-3-10-22-34)35-23-11-4-12-24-35)29-30-37(40)45-46(49)47-43(38-25-13-15-27-41(38)51-47)44-39-26-14-16-28-42(39)52-48(44)45/h1-31H. The molecule has 0 saturated carbocycles. The first-order chi connectivity index (χ1) is 25.8. The van der Waals surface area contributed by atoms with Gasteiger partial charge in [0.05, 0.1) is 5.41 Å². The molecule has 3 heteroatoms. The van der Waals surface area contributed by atoms with Gasteiger partial charge in [-0.1, -0.05) is 140 Å². The summed E-state index contributed by atoms with van der Waals surface area (Å²) in [6.45, 7) is 0. The highest BCUT2D eigenvalue weighted by Gasteiger charge is 2.50. The summed E-state index contributed by atoms with van der Waals surface area (Å²) in [7, 11) is 0. The van der Waals surface area contributed by atoms with Crippen LogP contribution in [0.3, 0.4) is 0 Å². The zero-order chi connectivity index (χ0) is 34.2. The Kier molecular flexibility index (Phi) is 6.37. The molecule has 11 rings (SSSR count). The molecule has 244 valence electrons. The Morgan fingerprint density at radius 1 is 0.481 bits per heavy atom.